The molecule has 1 N–H and O–H groups in total. The summed E-state index contributed by atoms with van der Waals surface area (Å²) in [5, 5.41) is 6.67. The van der Waals surface area contributed by atoms with Crippen molar-refractivity contribution >= 4 is 22.7 Å². The number of methoxy groups -OCH3 is 2. The van der Waals surface area contributed by atoms with Gasteiger partial charge in [-0.15, -0.1) is 0 Å². The molecule has 3 aromatic carbocycles. The summed E-state index contributed by atoms with van der Waals surface area (Å²) in [5.74, 6) is 1.47. The maximum absolute atomic E-state index is 5.35. The molecule has 4 heteroatoms. The third kappa shape index (κ3) is 3.43. The first-order valence-corrected chi connectivity index (χ1v) is 7.30. The molecule has 0 amide bonds. The van der Waals surface area contributed by atoms with E-state index in [1.165, 1.54) is 10.8 Å². The zero-order valence-electron chi connectivity index (χ0n) is 13.1. The molecule has 0 aromatic heterocycles. The number of nitrogens with one attached hydrogen (secondary N) is 1. The van der Waals surface area contributed by atoms with Gasteiger partial charge in [-0.3, -0.25) is 5.43 Å². The van der Waals surface area contributed by atoms with Crippen molar-refractivity contribution in [1.29, 1.82) is 0 Å². The van der Waals surface area contributed by atoms with E-state index in [1.807, 2.05) is 36.4 Å². The molecule has 0 saturated carbocycles. The van der Waals surface area contributed by atoms with Crippen LogP contribution in [0.4, 0.5) is 5.69 Å². The van der Waals surface area contributed by atoms with Crippen LogP contribution in [0.25, 0.3) is 10.8 Å². The van der Waals surface area contributed by atoms with Crippen molar-refractivity contribution in [3.05, 3.63) is 66.2 Å². The van der Waals surface area contributed by atoms with Gasteiger partial charge >= 0.3 is 0 Å². The Balaban J connectivity index is 1.77. The number of hydrazone groups is 1. The topological polar surface area (TPSA) is 42.8 Å². The number of anilines is 1. The Morgan fingerprint density at radius 1 is 0.870 bits per heavy atom. The highest BCUT2D eigenvalue weighted by Gasteiger charge is 2.02. The summed E-state index contributed by atoms with van der Waals surface area (Å²) < 4.78 is 10.5. The molecule has 116 valence electrons. The van der Waals surface area contributed by atoms with Crippen LogP contribution in [0.5, 0.6) is 11.5 Å². The number of ether oxygens (including phenoxy) is 2. The lowest BCUT2D eigenvalue weighted by Crippen LogP contribution is -1.95. The minimum absolute atomic E-state index is 0.716. The molecular formula is C19H18N2O2. The zero-order valence-corrected chi connectivity index (χ0v) is 13.1. The normalized spacial score (nSPS) is 10.9. The molecule has 4 nitrogen and oxygen atoms in total. The summed E-state index contributed by atoms with van der Waals surface area (Å²) in [6.45, 7) is 0. The van der Waals surface area contributed by atoms with Gasteiger partial charge in [0, 0.05) is 11.6 Å². The van der Waals surface area contributed by atoms with Gasteiger partial charge < -0.3 is 9.47 Å². The number of hydrogen-bond acceptors (Lipinski definition) is 4. The first-order chi connectivity index (χ1) is 11.3. The highest BCUT2D eigenvalue weighted by Crippen LogP contribution is 2.23. The molecule has 0 radical (unpaired) electrons. The molecule has 0 aliphatic rings. The fraction of sp³-hybridized carbons (Fsp3) is 0.105. The van der Waals surface area contributed by atoms with E-state index in [0.717, 1.165) is 17.0 Å². The average Bonchev–Trinajstić information content (AvgIpc) is 2.61. The number of benzene rings is 3. The lowest BCUT2D eigenvalue weighted by molar-refractivity contribution is 0.394. The molecule has 0 fully saturated rings. The van der Waals surface area contributed by atoms with Crippen LogP contribution in [0, 0.1) is 0 Å². The first-order valence-electron chi connectivity index (χ1n) is 7.30. The van der Waals surface area contributed by atoms with E-state index in [-0.39, 0.29) is 0 Å². The molecule has 0 saturated heterocycles. The van der Waals surface area contributed by atoms with Crippen molar-refractivity contribution in [3.8, 4) is 11.5 Å². The van der Waals surface area contributed by atoms with Crippen molar-refractivity contribution in [3.63, 3.8) is 0 Å². The fourth-order valence-corrected chi connectivity index (χ4v) is 2.36. The Morgan fingerprint density at radius 2 is 1.70 bits per heavy atom. The van der Waals surface area contributed by atoms with E-state index < -0.39 is 0 Å². The van der Waals surface area contributed by atoms with Crippen LogP contribution in [0.2, 0.25) is 0 Å². The van der Waals surface area contributed by atoms with Crippen molar-refractivity contribution < 1.29 is 9.47 Å². The Kier molecular flexibility index (Phi) is 4.43. The molecule has 0 bridgehead atoms. The molecule has 0 aliphatic carbocycles. The van der Waals surface area contributed by atoms with Gasteiger partial charge in [-0.2, -0.15) is 5.10 Å². The number of fused-ring (bicyclic) bond motifs is 1. The summed E-state index contributed by atoms with van der Waals surface area (Å²) >= 11 is 0. The van der Waals surface area contributed by atoms with E-state index in [9.17, 15) is 0 Å². The number of hydrogen-bond donors (Lipinski definition) is 1. The van der Waals surface area contributed by atoms with Crippen LogP contribution < -0.4 is 14.9 Å². The Bertz CT molecular complexity index is 844. The highest BCUT2D eigenvalue weighted by atomic mass is 16.5. The summed E-state index contributed by atoms with van der Waals surface area (Å²) in [5.41, 5.74) is 4.86. The predicted octanol–water partition coefficient (Wildman–Crippen LogP) is 4.30. The number of nitrogens with zero attached hydrogens (tertiary/aromatic N) is 1. The van der Waals surface area contributed by atoms with Crippen LogP contribution in [-0.4, -0.2) is 20.4 Å². The molecule has 23 heavy (non-hydrogen) atoms. The smallest absolute Gasteiger partial charge is 0.131 e. The molecule has 3 aromatic rings. The van der Waals surface area contributed by atoms with Gasteiger partial charge in [0.25, 0.3) is 0 Å². The lowest BCUT2D eigenvalue weighted by atomic mass is 10.1. The standard InChI is InChI=1S/C19H18N2O2/c1-22-18-10-8-16(19(12-18)23-2)13-20-21-17-9-7-14-5-3-4-6-15(14)11-17/h3-13,21H,1-2H3. The van der Waals surface area contributed by atoms with Crippen molar-refractivity contribution in [2.45, 2.75) is 0 Å². The Hall–Kier alpha value is -3.01. The summed E-state index contributed by atoms with van der Waals surface area (Å²) in [6, 6.07) is 20.0. The van der Waals surface area contributed by atoms with Gasteiger partial charge in [0.05, 0.1) is 26.1 Å². The third-order valence-electron chi connectivity index (χ3n) is 3.59. The SMILES string of the molecule is COc1ccc(C=NNc2ccc3ccccc3c2)c(OC)c1. The van der Waals surface area contributed by atoms with E-state index in [0.29, 0.717) is 5.75 Å². The van der Waals surface area contributed by atoms with Gasteiger partial charge in [-0.05, 0) is 35.0 Å². The highest BCUT2D eigenvalue weighted by molar-refractivity contribution is 5.87. The Labute approximate surface area is 135 Å². The largest absolute Gasteiger partial charge is 0.497 e. The van der Waals surface area contributed by atoms with Gasteiger partial charge in [0.2, 0.25) is 0 Å². The van der Waals surface area contributed by atoms with Gasteiger partial charge in [0.15, 0.2) is 0 Å². The number of rotatable bonds is 5. The zero-order chi connectivity index (χ0) is 16.1. The molecule has 0 unspecified atom stereocenters. The maximum Gasteiger partial charge on any atom is 0.131 e. The van der Waals surface area contributed by atoms with E-state index in [4.69, 9.17) is 9.47 Å². The fourth-order valence-electron chi connectivity index (χ4n) is 2.36. The van der Waals surface area contributed by atoms with Crippen molar-refractivity contribution in [1.82, 2.24) is 0 Å². The van der Waals surface area contributed by atoms with Crippen LogP contribution in [0.15, 0.2) is 65.8 Å². The van der Waals surface area contributed by atoms with Gasteiger partial charge in [-0.25, -0.2) is 0 Å². The van der Waals surface area contributed by atoms with Crippen LogP contribution in [0.1, 0.15) is 5.56 Å². The van der Waals surface area contributed by atoms with Gasteiger partial charge in [-0.1, -0.05) is 30.3 Å². The first kappa shape index (κ1) is 14.9. The molecular weight excluding hydrogens is 288 g/mol. The molecule has 3 rings (SSSR count). The van der Waals surface area contributed by atoms with Crippen LogP contribution in [0.3, 0.4) is 0 Å². The monoisotopic (exact) mass is 306 g/mol. The van der Waals surface area contributed by atoms with E-state index >= 15 is 0 Å². The predicted molar refractivity (Wildman–Crippen MR) is 94.7 cm³/mol. The maximum atomic E-state index is 5.35. The van der Waals surface area contributed by atoms with E-state index in [2.05, 4.69) is 34.8 Å². The van der Waals surface area contributed by atoms with Gasteiger partial charge in [0.1, 0.15) is 11.5 Å². The second-order valence-electron chi connectivity index (χ2n) is 5.04. The molecule has 0 aliphatic heterocycles. The third-order valence-corrected chi connectivity index (χ3v) is 3.59. The second-order valence-corrected chi connectivity index (χ2v) is 5.04. The minimum atomic E-state index is 0.716. The van der Waals surface area contributed by atoms with E-state index in [1.54, 1.807) is 20.4 Å². The molecule has 0 atom stereocenters. The lowest BCUT2D eigenvalue weighted by Gasteiger charge is -2.07. The molecule has 0 spiro atoms. The van der Waals surface area contributed by atoms with Crippen LogP contribution >= 0.6 is 0 Å². The van der Waals surface area contributed by atoms with Crippen molar-refractivity contribution in [2.75, 3.05) is 19.6 Å². The second kappa shape index (κ2) is 6.83. The average molecular weight is 306 g/mol. The quantitative estimate of drug-likeness (QED) is 0.564. The molecule has 0 heterocycles. The summed E-state index contributed by atoms with van der Waals surface area (Å²) in [4.78, 5) is 0. The Morgan fingerprint density at radius 3 is 2.48 bits per heavy atom. The van der Waals surface area contributed by atoms with Crippen LogP contribution in [-0.2, 0) is 0 Å². The summed E-state index contributed by atoms with van der Waals surface area (Å²) in [7, 11) is 3.26. The minimum Gasteiger partial charge on any atom is -0.497 e. The van der Waals surface area contributed by atoms with Crippen molar-refractivity contribution in [2.24, 2.45) is 5.10 Å². The summed E-state index contributed by atoms with van der Waals surface area (Å²) in [6.07, 6.45) is 1.73.